The molecule has 0 aliphatic heterocycles. The quantitative estimate of drug-likeness (QED) is 0.163. The predicted molar refractivity (Wildman–Crippen MR) is 254 cm³/mol. The van der Waals surface area contributed by atoms with Crippen LogP contribution < -0.4 is 27.3 Å². The lowest BCUT2D eigenvalue weighted by atomic mass is 9.59. The molecule has 10 heteroatoms. The molecule has 0 bridgehead atoms. The molecule has 10 radical (unpaired) electrons. The van der Waals surface area contributed by atoms with Crippen molar-refractivity contribution in [3.05, 3.63) is 158 Å². The van der Waals surface area contributed by atoms with Gasteiger partial charge in [-0.05, 0) is 75.8 Å². The first-order chi connectivity index (χ1) is 29.8. The van der Waals surface area contributed by atoms with Crippen LogP contribution in [0.25, 0.3) is 111 Å². The summed E-state index contributed by atoms with van der Waals surface area (Å²) in [6, 6.07) is 52.8. The largest absolute Gasteiger partial charge is 0.456 e. The van der Waals surface area contributed by atoms with E-state index >= 15 is 0 Å². The average molecular weight is 767 g/mol. The van der Waals surface area contributed by atoms with Crippen LogP contribution in [-0.4, -0.2) is 54.2 Å². The summed E-state index contributed by atoms with van der Waals surface area (Å²) >= 11 is 0. The Hall–Kier alpha value is -7.31. The van der Waals surface area contributed by atoms with Gasteiger partial charge in [-0.1, -0.05) is 126 Å². The maximum Gasteiger partial charge on any atom is 0.167 e. The highest BCUT2D eigenvalue weighted by Gasteiger charge is 2.19. The highest BCUT2D eigenvalue weighted by atomic mass is 16.3. The van der Waals surface area contributed by atoms with Gasteiger partial charge in [0, 0.05) is 32.7 Å². The summed E-state index contributed by atoms with van der Waals surface area (Å²) in [5, 5.41) is 4.01. The Kier molecular flexibility index (Phi) is 8.71. The Morgan fingerprint density at radius 1 is 0.311 bits per heavy atom. The molecule has 5 nitrogen and oxygen atoms in total. The minimum absolute atomic E-state index is 0.196. The van der Waals surface area contributed by atoms with Crippen LogP contribution in [0.5, 0.6) is 0 Å². The van der Waals surface area contributed by atoms with E-state index < -0.39 is 0 Å². The number of aromatic nitrogens is 3. The van der Waals surface area contributed by atoms with Crippen LogP contribution in [-0.2, 0) is 0 Å². The van der Waals surface area contributed by atoms with Crippen LogP contribution >= 0.6 is 0 Å². The Balaban J connectivity index is 0.925. The lowest BCUT2D eigenvalue weighted by molar-refractivity contribution is 0.669. The lowest BCUT2D eigenvalue weighted by Crippen LogP contribution is -2.55. The van der Waals surface area contributed by atoms with Crippen LogP contribution in [0.4, 0.5) is 0 Å². The zero-order valence-electron chi connectivity index (χ0n) is 32.6. The zero-order valence-corrected chi connectivity index (χ0v) is 32.6. The van der Waals surface area contributed by atoms with Crippen LogP contribution in [0.1, 0.15) is 0 Å². The van der Waals surface area contributed by atoms with Gasteiger partial charge >= 0.3 is 0 Å². The Bertz CT molecular complexity index is 3500. The van der Waals surface area contributed by atoms with Gasteiger partial charge in [-0.3, -0.25) is 0 Å². The van der Waals surface area contributed by atoms with E-state index in [-0.39, 0.29) is 16.4 Å². The number of furan rings is 2. The van der Waals surface area contributed by atoms with E-state index in [1.165, 1.54) is 0 Å². The molecule has 0 spiro atoms. The monoisotopic (exact) mass is 767 g/mol. The zero-order chi connectivity index (χ0) is 41.4. The Morgan fingerprint density at radius 2 is 0.836 bits per heavy atom. The molecule has 272 valence electrons. The van der Waals surface area contributed by atoms with E-state index in [9.17, 15) is 0 Å². The normalized spacial score (nSPS) is 11.6. The molecule has 0 amide bonds. The van der Waals surface area contributed by atoms with Crippen LogP contribution in [0.15, 0.2) is 167 Å². The van der Waals surface area contributed by atoms with E-state index in [2.05, 4.69) is 60.7 Å². The fourth-order valence-corrected chi connectivity index (χ4v) is 8.21. The molecule has 0 fully saturated rings. The molecule has 0 N–H and O–H groups in total. The second kappa shape index (κ2) is 14.5. The molecule has 3 aromatic heterocycles. The summed E-state index contributed by atoms with van der Waals surface area (Å²) in [6.45, 7) is 0. The first-order valence-corrected chi connectivity index (χ1v) is 19.7. The first kappa shape index (κ1) is 36.8. The minimum atomic E-state index is 0.196. The molecule has 0 aliphatic carbocycles. The summed E-state index contributed by atoms with van der Waals surface area (Å²) in [5.41, 5.74) is 12.5. The van der Waals surface area contributed by atoms with Crippen molar-refractivity contribution in [2.45, 2.75) is 0 Å². The van der Waals surface area contributed by atoms with Gasteiger partial charge < -0.3 is 8.83 Å². The highest BCUT2D eigenvalue weighted by molar-refractivity contribution is 6.68. The van der Waals surface area contributed by atoms with Gasteiger partial charge in [0.15, 0.2) is 17.5 Å². The topological polar surface area (TPSA) is 65.0 Å². The van der Waals surface area contributed by atoms with Crippen molar-refractivity contribution >= 4 is 110 Å². The van der Waals surface area contributed by atoms with Crippen LogP contribution in [0.2, 0.25) is 0 Å². The fourth-order valence-electron chi connectivity index (χ4n) is 8.21. The molecule has 11 aromatic rings. The van der Waals surface area contributed by atoms with Crippen molar-refractivity contribution in [2.75, 3.05) is 0 Å². The maximum absolute atomic E-state index is 6.44. The van der Waals surface area contributed by atoms with Gasteiger partial charge in [-0.2, -0.15) is 0 Å². The molecule has 8 aromatic carbocycles. The summed E-state index contributed by atoms with van der Waals surface area (Å²) in [5.74, 6) is 1.65. The predicted octanol–water partition coefficient (Wildman–Crippen LogP) is 7.64. The summed E-state index contributed by atoms with van der Waals surface area (Å²) in [4.78, 5) is 15.1. The molecule has 0 aliphatic rings. The highest BCUT2D eigenvalue weighted by Crippen LogP contribution is 2.38. The van der Waals surface area contributed by atoms with E-state index in [1.54, 1.807) is 0 Å². The van der Waals surface area contributed by atoms with Gasteiger partial charge in [-0.25, -0.2) is 15.0 Å². The van der Waals surface area contributed by atoms with Crippen LogP contribution in [0, 0.1) is 0 Å². The molecule has 0 saturated carbocycles. The van der Waals surface area contributed by atoms with E-state index in [0.29, 0.717) is 34.0 Å². The number of para-hydroxylation sites is 2. The minimum Gasteiger partial charge on any atom is -0.456 e. The van der Waals surface area contributed by atoms with E-state index in [0.717, 1.165) is 88.4 Å². The number of benzene rings is 8. The number of nitrogens with zero attached hydrogens (tertiary/aromatic N) is 3. The molecule has 11 rings (SSSR count). The molecule has 3 heterocycles. The molecule has 0 unspecified atom stereocenters. The Morgan fingerprint density at radius 3 is 1.56 bits per heavy atom. The SMILES string of the molecule is [B]c1c([B])c([B])c(-c2ccc(-c3ccc(-c4ccc5c(c4)oc4ccc(-c6nc(-c7ccccc7)nc(-c7cccc8c7oc7ccccc78)n6)cc45)cc3)cc2)c([B])c1[B]. The van der Waals surface area contributed by atoms with Gasteiger partial charge in [0.25, 0.3) is 0 Å². The maximum atomic E-state index is 6.44. The fraction of sp³-hybridized carbons (Fsp3) is 0. The van der Waals surface area contributed by atoms with E-state index in [1.807, 2.05) is 97.1 Å². The van der Waals surface area contributed by atoms with Crippen LogP contribution in [0.3, 0.4) is 0 Å². The standard InChI is InChI=1S/C51H26B5N3O2/c52-43-42(44(53)46(55)47(56)45(43)54)30-19-17-28(18-20-30)27-13-15-29(16-14-27)32-21-23-35-38-25-33(22-24-40(38)60-41(35)26-32)50-57-49(31-7-2-1-3-8-31)58-51(59-50)37-11-6-10-36-34-9-4-5-12-39(34)61-48(36)37/h1-26H. The third-order valence-corrected chi connectivity index (χ3v) is 11.5. The van der Waals surface area contributed by atoms with Gasteiger partial charge in [-0.15, -0.1) is 16.4 Å². The number of hydrogen-bond donors (Lipinski definition) is 0. The van der Waals surface area contributed by atoms with Crippen molar-refractivity contribution in [1.82, 2.24) is 15.0 Å². The number of hydrogen-bond acceptors (Lipinski definition) is 5. The van der Waals surface area contributed by atoms with Crippen molar-refractivity contribution in [3.8, 4) is 67.5 Å². The van der Waals surface area contributed by atoms with Crippen molar-refractivity contribution < 1.29 is 8.83 Å². The van der Waals surface area contributed by atoms with Gasteiger partial charge in [0.05, 0.1) is 5.56 Å². The summed E-state index contributed by atoms with van der Waals surface area (Å²) in [7, 11) is 30.8. The van der Waals surface area contributed by atoms with Gasteiger partial charge in [0.1, 0.15) is 61.6 Å². The second-order valence-corrected chi connectivity index (χ2v) is 15.1. The van der Waals surface area contributed by atoms with E-state index in [4.69, 9.17) is 63.0 Å². The van der Waals surface area contributed by atoms with Crippen molar-refractivity contribution in [3.63, 3.8) is 0 Å². The average Bonchev–Trinajstić information content (AvgIpc) is 3.88. The third kappa shape index (κ3) is 6.21. The number of fused-ring (bicyclic) bond motifs is 6. The smallest absolute Gasteiger partial charge is 0.167 e. The summed E-state index contributed by atoms with van der Waals surface area (Å²) < 4.78 is 12.8. The molecular formula is C51H26B5N3O2. The second-order valence-electron chi connectivity index (χ2n) is 15.1. The van der Waals surface area contributed by atoms with Gasteiger partial charge in [0.2, 0.25) is 0 Å². The Labute approximate surface area is 358 Å². The van der Waals surface area contributed by atoms with Crippen molar-refractivity contribution in [1.29, 1.82) is 0 Å². The molecule has 0 atom stereocenters. The first-order valence-electron chi connectivity index (χ1n) is 19.7. The molecule has 0 saturated heterocycles. The number of rotatable bonds is 6. The van der Waals surface area contributed by atoms with Crippen molar-refractivity contribution in [2.24, 2.45) is 0 Å². The lowest BCUT2D eigenvalue weighted by Gasteiger charge is -2.21. The molecule has 61 heavy (non-hydrogen) atoms. The third-order valence-electron chi connectivity index (χ3n) is 11.5. The summed E-state index contributed by atoms with van der Waals surface area (Å²) in [6.07, 6.45) is 0. The molecular weight excluding hydrogens is 741 g/mol.